The highest BCUT2D eigenvalue weighted by Gasteiger charge is 2.26. The normalized spacial score (nSPS) is 12.6. The Bertz CT molecular complexity index is 1550. The van der Waals surface area contributed by atoms with Crippen LogP contribution in [0.4, 0.5) is 17.2 Å². The van der Waals surface area contributed by atoms with Crippen LogP contribution in [-0.2, 0) is 11.3 Å². The standard InChI is InChI=1S/C31H24N4O2/c36-31-21-37-29-12-11-25(17-28(29)35(31)20-22-6-5-14-32-19-22)26-13-15-33-30(18-26)34-27-10-4-9-24(16-27)23-7-2-1-3-8-23/h1-19H,20-21H2,(H,33,34)/p+1. The summed E-state index contributed by atoms with van der Waals surface area (Å²) in [5, 5.41) is 2.08. The van der Waals surface area contributed by atoms with Gasteiger partial charge in [0, 0.05) is 30.7 Å². The van der Waals surface area contributed by atoms with E-state index in [-0.39, 0.29) is 12.5 Å². The Labute approximate surface area is 215 Å². The zero-order valence-corrected chi connectivity index (χ0v) is 20.1. The number of anilines is 1. The van der Waals surface area contributed by atoms with Crippen molar-refractivity contribution in [1.82, 2.24) is 9.97 Å². The number of carbonyl (C=O) groups is 1. The summed E-state index contributed by atoms with van der Waals surface area (Å²) in [6.07, 6.45) is 5.33. The lowest BCUT2D eigenvalue weighted by atomic mass is 10.0. The molecule has 0 bridgehead atoms. The quantitative estimate of drug-likeness (QED) is 0.333. The molecular weight excluding hydrogens is 460 g/mol. The van der Waals surface area contributed by atoms with Crippen LogP contribution in [0.15, 0.2) is 116 Å². The molecule has 0 saturated carbocycles. The van der Waals surface area contributed by atoms with Crippen LogP contribution in [0.2, 0.25) is 0 Å². The molecule has 180 valence electrons. The predicted octanol–water partition coefficient (Wildman–Crippen LogP) is 5.26. The van der Waals surface area contributed by atoms with Crippen LogP contribution < -0.4 is 15.0 Å². The molecule has 0 fully saturated rings. The summed E-state index contributed by atoms with van der Waals surface area (Å²) in [7, 11) is 0. The molecule has 6 heteroatoms. The van der Waals surface area contributed by atoms with Crippen LogP contribution >= 0.6 is 0 Å². The number of nitrogens with zero attached hydrogens (tertiary/aromatic N) is 3. The third-order valence-corrected chi connectivity index (χ3v) is 6.39. The second-order valence-electron chi connectivity index (χ2n) is 8.92. The van der Waals surface area contributed by atoms with Gasteiger partial charge in [-0.15, -0.1) is 0 Å². The molecule has 3 heterocycles. The number of quaternary nitrogens is 1. The van der Waals surface area contributed by atoms with E-state index in [0.717, 1.165) is 33.9 Å². The monoisotopic (exact) mass is 485 g/mol. The number of hydrogen-bond donors (Lipinski definition) is 1. The highest BCUT2D eigenvalue weighted by Crippen LogP contribution is 2.37. The summed E-state index contributed by atoms with van der Waals surface area (Å²) in [4.78, 5) is 23.3. The van der Waals surface area contributed by atoms with Gasteiger partial charge in [-0.05, 0) is 58.1 Å². The van der Waals surface area contributed by atoms with E-state index >= 15 is 0 Å². The van der Waals surface area contributed by atoms with Crippen molar-refractivity contribution < 1.29 is 14.8 Å². The van der Waals surface area contributed by atoms with Crippen molar-refractivity contribution >= 4 is 23.1 Å². The molecule has 0 atom stereocenters. The Morgan fingerprint density at radius 1 is 0.784 bits per heavy atom. The van der Waals surface area contributed by atoms with E-state index in [2.05, 4.69) is 57.7 Å². The predicted molar refractivity (Wildman–Crippen MR) is 144 cm³/mol. The van der Waals surface area contributed by atoms with Crippen molar-refractivity contribution in [3.63, 3.8) is 0 Å². The lowest BCUT2D eigenvalue weighted by molar-refractivity contribution is -0.482. The first-order valence-electron chi connectivity index (χ1n) is 12.2. The summed E-state index contributed by atoms with van der Waals surface area (Å²) in [6.45, 7) is 0.475. The summed E-state index contributed by atoms with van der Waals surface area (Å²) in [5.74, 6) is 1.49. The number of rotatable bonds is 6. The minimum absolute atomic E-state index is 0.0308. The van der Waals surface area contributed by atoms with E-state index in [4.69, 9.17) is 4.74 Å². The molecule has 37 heavy (non-hydrogen) atoms. The topological polar surface area (TPSA) is 71.9 Å². The molecule has 1 amide bonds. The molecule has 1 aliphatic rings. The van der Waals surface area contributed by atoms with Crippen molar-refractivity contribution in [2.24, 2.45) is 0 Å². The number of amides is 1. The van der Waals surface area contributed by atoms with E-state index < -0.39 is 0 Å². The molecule has 0 aliphatic carbocycles. The van der Waals surface area contributed by atoms with Gasteiger partial charge >= 0.3 is 0 Å². The van der Waals surface area contributed by atoms with Gasteiger partial charge in [0.2, 0.25) is 5.82 Å². The van der Waals surface area contributed by atoms with Crippen LogP contribution in [0, 0.1) is 0 Å². The minimum Gasteiger partial charge on any atom is -0.482 e. The van der Waals surface area contributed by atoms with E-state index in [1.54, 1.807) is 17.3 Å². The van der Waals surface area contributed by atoms with Gasteiger partial charge in [-0.2, -0.15) is 0 Å². The molecular formula is C31H25N4O2+. The van der Waals surface area contributed by atoms with Crippen LogP contribution in [-0.4, -0.2) is 22.5 Å². The maximum atomic E-state index is 12.8. The maximum Gasteiger partial charge on any atom is 0.265 e. The number of aromatic nitrogens is 2. The molecule has 0 saturated heterocycles. The van der Waals surface area contributed by atoms with Gasteiger partial charge in [0.1, 0.15) is 11.4 Å². The van der Waals surface area contributed by atoms with Crippen molar-refractivity contribution in [1.29, 1.82) is 0 Å². The van der Waals surface area contributed by atoms with Crippen molar-refractivity contribution in [3.05, 3.63) is 121 Å². The number of pyridine rings is 2. The summed E-state index contributed by atoms with van der Waals surface area (Å²) >= 11 is 0. The average Bonchev–Trinajstić information content (AvgIpc) is 2.96. The Morgan fingerprint density at radius 3 is 2.49 bits per heavy atom. The maximum absolute atomic E-state index is 12.8. The average molecular weight is 486 g/mol. The molecule has 1 aliphatic heterocycles. The van der Waals surface area contributed by atoms with Crippen LogP contribution in [0.1, 0.15) is 5.56 Å². The fourth-order valence-corrected chi connectivity index (χ4v) is 4.55. The Kier molecular flexibility index (Phi) is 6.15. The second-order valence-corrected chi connectivity index (χ2v) is 8.92. The van der Waals surface area contributed by atoms with Gasteiger partial charge in [0.25, 0.3) is 5.91 Å². The van der Waals surface area contributed by atoms with E-state index in [1.807, 2.05) is 60.8 Å². The van der Waals surface area contributed by atoms with Gasteiger partial charge in [-0.3, -0.25) is 15.1 Å². The number of nitrogens with two attached hydrogens (primary N) is 1. The van der Waals surface area contributed by atoms with E-state index in [9.17, 15) is 4.79 Å². The molecule has 6 rings (SSSR count). The third-order valence-electron chi connectivity index (χ3n) is 6.39. The first kappa shape index (κ1) is 22.6. The number of fused-ring (bicyclic) bond motifs is 1. The second kappa shape index (κ2) is 10.0. The summed E-state index contributed by atoms with van der Waals surface area (Å²) in [5.41, 5.74) is 7.16. The molecule has 5 aromatic rings. The fourth-order valence-electron chi connectivity index (χ4n) is 4.55. The zero-order valence-electron chi connectivity index (χ0n) is 20.1. The van der Waals surface area contributed by atoms with Gasteiger partial charge in [0.05, 0.1) is 12.2 Å². The summed E-state index contributed by atoms with van der Waals surface area (Å²) < 4.78 is 5.72. The molecule has 2 N–H and O–H groups in total. The smallest absolute Gasteiger partial charge is 0.265 e. The summed E-state index contributed by atoms with van der Waals surface area (Å²) in [6, 6.07) is 32.6. The Hall–Kier alpha value is -4.81. The highest BCUT2D eigenvalue weighted by molar-refractivity contribution is 5.98. The van der Waals surface area contributed by atoms with Crippen LogP contribution in [0.3, 0.4) is 0 Å². The first-order chi connectivity index (χ1) is 18.2. The zero-order chi connectivity index (χ0) is 25.0. The molecule has 3 aromatic carbocycles. The molecule has 2 aromatic heterocycles. The van der Waals surface area contributed by atoms with Gasteiger partial charge in [-0.25, -0.2) is 4.98 Å². The lowest BCUT2D eigenvalue weighted by Gasteiger charge is -2.30. The van der Waals surface area contributed by atoms with Gasteiger partial charge < -0.3 is 9.64 Å². The van der Waals surface area contributed by atoms with Gasteiger partial charge in [-0.1, -0.05) is 54.6 Å². The lowest BCUT2D eigenvalue weighted by Crippen LogP contribution is -2.71. The molecule has 0 spiro atoms. The highest BCUT2D eigenvalue weighted by atomic mass is 16.5. The largest absolute Gasteiger partial charge is 0.482 e. The number of hydrogen-bond acceptors (Lipinski definition) is 4. The minimum atomic E-state index is -0.0736. The molecule has 0 radical (unpaired) electrons. The van der Waals surface area contributed by atoms with E-state index in [1.165, 1.54) is 11.1 Å². The van der Waals surface area contributed by atoms with Gasteiger partial charge in [0.15, 0.2) is 6.61 Å². The number of ether oxygens (including phenoxy) is 1. The van der Waals surface area contributed by atoms with Crippen molar-refractivity contribution in [2.45, 2.75) is 6.54 Å². The third kappa shape index (κ3) is 4.96. The molecule has 0 unspecified atom stereocenters. The van der Waals surface area contributed by atoms with E-state index in [0.29, 0.717) is 12.3 Å². The van der Waals surface area contributed by atoms with Crippen molar-refractivity contribution in [3.8, 4) is 28.0 Å². The number of benzene rings is 3. The SMILES string of the molecule is O=C1COc2ccc(-c3ccnc([NH2+]c4cccc(-c5ccccc5)c4)c3)cc2N1Cc1cccnc1. The van der Waals surface area contributed by atoms with Crippen LogP contribution in [0.25, 0.3) is 22.3 Å². The Balaban J connectivity index is 1.28. The number of carbonyl (C=O) groups excluding carboxylic acids is 1. The fraction of sp³-hybridized carbons (Fsp3) is 0.0645. The molecule has 6 nitrogen and oxygen atoms in total. The van der Waals surface area contributed by atoms with Crippen LogP contribution in [0.5, 0.6) is 5.75 Å². The van der Waals surface area contributed by atoms with Crippen molar-refractivity contribution in [2.75, 3.05) is 11.5 Å². The Morgan fingerprint density at radius 2 is 1.62 bits per heavy atom. The first-order valence-corrected chi connectivity index (χ1v) is 12.2.